The summed E-state index contributed by atoms with van der Waals surface area (Å²) in [5.74, 6) is 0.982. The Kier molecular flexibility index (Phi) is 6.09. The number of nitrogens with one attached hydrogen (secondary N) is 1. The zero-order valence-corrected chi connectivity index (χ0v) is 16.0. The first-order chi connectivity index (χ1) is 13.4. The van der Waals surface area contributed by atoms with Crippen molar-refractivity contribution in [2.24, 2.45) is 0 Å². The molecule has 5 nitrogen and oxygen atoms in total. The van der Waals surface area contributed by atoms with Gasteiger partial charge in [0.15, 0.2) is 0 Å². The molecule has 4 rings (SSSR count). The highest BCUT2D eigenvalue weighted by Gasteiger charge is 2.16. The number of nitrogens with zero attached hydrogens (tertiary/aromatic N) is 3. The van der Waals surface area contributed by atoms with Gasteiger partial charge in [0.05, 0.1) is 25.5 Å². The summed E-state index contributed by atoms with van der Waals surface area (Å²) >= 11 is 1.68. The minimum Gasteiger partial charge on any atom is -0.370 e. The van der Waals surface area contributed by atoms with Crippen molar-refractivity contribution in [1.29, 1.82) is 0 Å². The molecule has 6 heteroatoms. The molecule has 0 aliphatic carbocycles. The molecule has 3 aromatic rings. The van der Waals surface area contributed by atoms with Gasteiger partial charge in [-0.15, -0.1) is 10.2 Å². The van der Waals surface area contributed by atoms with Gasteiger partial charge < -0.3 is 9.64 Å². The first-order valence-corrected chi connectivity index (χ1v) is 10.3. The quantitative estimate of drug-likeness (QED) is 0.666. The average molecular weight is 380 g/mol. The lowest BCUT2D eigenvalue weighted by atomic mass is 10.0. The first kappa shape index (κ1) is 18.1. The van der Waals surface area contributed by atoms with Crippen molar-refractivity contribution in [3.05, 3.63) is 60.7 Å². The number of rotatable bonds is 6. The largest absolute Gasteiger partial charge is 0.370 e. The van der Waals surface area contributed by atoms with Crippen LogP contribution in [0.1, 0.15) is 0 Å². The third-order valence-electron chi connectivity index (χ3n) is 4.65. The highest BCUT2D eigenvalue weighted by molar-refractivity contribution is 7.99. The lowest BCUT2D eigenvalue weighted by Crippen LogP contribution is -3.14. The van der Waals surface area contributed by atoms with Crippen LogP contribution in [-0.4, -0.2) is 53.8 Å². The second-order valence-electron chi connectivity index (χ2n) is 6.48. The van der Waals surface area contributed by atoms with E-state index in [2.05, 4.69) is 22.3 Å². The highest BCUT2D eigenvalue weighted by Crippen LogP contribution is 2.29. The molecule has 1 saturated heterocycles. The Labute approximate surface area is 163 Å². The molecule has 0 saturated carbocycles. The maximum absolute atomic E-state index is 5.42. The minimum absolute atomic E-state index is 0.737. The third kappa shape index (κ3) is 4.71. The van der Waals surface area contributed by atoms with Crippen LogP contribution in [0.2, 0.25) is 0 Å². The molecule has 0 amide bonds. The molecule has 1 fully saturated rings. The van der Waals surface area contributed by atoms with Crippen molar-refractivity contribution >= 4 is 11.8 Å². The van der Waals surface area contributed by atoms with E-state index < -0.39 is 0 Å². The van der Waals surface area contributed by atoms with Gasteiger partial charge in [0.25, 0.3) is 0 Å². The van der Waals surface area contributed by atoms with Crippen molar-refractivity contribution in [1.82, 2.24) is 15.2 Å². The molecule has 27 heavy (non-hydrogen) atoms. The summed E-state index contributed by atoms with van der Waals surface area (Å²) in [6, 6.07) is 20.3. The molecule has 0 atom stereocenters. The van der Waals surface area contributed by atoms with Gasteiger partial charge in [0.1, 0.15) is 24.5 Å². The van der Waals surface area contributed by atoms with Crippen LogP contribution in [0, 0.1) is 0 Å². The monoisotopic (exact) mass is 379 g/mol. The zero-order valence-electron chi connectivity index (χ0n) is 15.2. The number of hydrogen-bond acceptors (Lipinski definition) is 5. The van der Waals surface area contributed by atoms with Gasteiger partial charge in [0.2, 0.25) is 5.16 Å². The lowest BCUT2D eigenvalue weighted by Gasteiger charge is -2.23. The van der Waals surface area contributed by atoms with Crippen molar-refractivity contribution in [3.63, 3.8) is 0 Å². The van der Waals surface area contributed by atoms with Crippen molar-refractivity contribution in [2.75, 3.05) is 38.6 Å². The molecule has 0 bridgehead atoms. The van der Waals surface area contributed by atoms with Gasteiger partial charge >= 0.3 is 0 Å². The highest BCUT2D eigenvalue weighted by atomic mass is 32.2. The molecule has 0 unspecified atom stereocenters. The van der Waals surface area contributed by atoms with Crippen molar-refractivity contribution in [3.8, 4) is 22.5 Å². The Morgan fingerprint density at radius 2 is 1.44 bits per heavy atom. The molecule has 1 aliphatic heterocycles. The predicted octanol–water partition coefficient (Wildman–Crippen LogP) is 2.21. The molecule has 1 N–H and O–H groups in total. The van der Waals surface area contributed by atoms with Gasteiger partial charge in [-0.1, -0.05) is 72.4 Å². The van der Waals surface area contributed by atoms with Crippen LogP contribution in [-0.2, 0) is 4.74 Å². The molecule has 2 heterocycles. The van der Waals surface area contributed by atoms with Gasteiger partial charge in [-0.2, -0.15) is 0 Å². The van der Waals surface area contributed by atoms with Crippen LogP contribution in [0.25, 0.3) is 22.5 Å². The fourth-order valence-electron chi connectivity index (χ4n) is 3.16. The molecule has 1 aliphatic rings. The van der Waals surface area contributed by atoms with Crippen LogP contribution in [0.15, 0.2) is 65.8 Å². The van der Waals surface area contributed by atoms with E-state index in [1.165, 1.54) is 0 Å². The standard InChI is InChI=1S/C21H22N4OS/c1-3-7-17(8-4-1)19-20(18-9-5-2-6-10-18)23-24-21(22-19)27-16-13-25-11-14-26-15-12-25/h1-10H,11-16H2/p+1. The minimum atomic E-state index is 0.737. The average Bonchev–Trinajstić information content (AvgIpc) is 2.76. The Morgan fingerprint density at radius 1 is 0.815 bits per heavy atom. The van der Waals surface area contributed by atoms with Crippen molar-refractivity contribution < 1.29 is 9.64 Å². The Bertz CT molecular complexity index is 855. The second kappa shape index (κ2) is 9.08. The van der Waals surface area contributed by atoms with Crippen LogP contribution in [0.5, 0.6) is 0 Å². The summed E-state index contributed by atoms with van der Waals surface area (Å²) in [6.07, 6.45) is 0. The van der Waals surface area contributed by atoms with Crippen molar-refractivity contribution in [2.45, 2.75) is 5.16 Å². The summed E-state index contributed by atoms with van der Waals surface area (Å²) in [6.45, 7) is 4.99. The molecular weight excluding hydrogens is 356 g/mol. The van der Waals surface area contributed by atoms with Crippen LogP contribution >= 0.6 is 11.8 Å². The number of hydrogen-bond donors (Lipinski definition) is 1. The fraction of sp³-hybridized carbons (Fsp3) is 0.286. The van der Waals surface area contributed by atoms with E-state index in [0.29, 0.717) is 0 Å². The molecule has 0 spiro atoms. The third-order valence-corrected chi connectivity index (χ3v) is 5.49. The number of thioether (sulfide) groups is 1. The number of morpholine rings is 1. The SMILES string of the molecule is c1ccc(-c2nnc(SCC[NH+]3CCOCC3)nc2-c2ccccc2)cc1. The summed E-state index contributed by atoms with van der Waals surface area (Å²) in [5.41, 5.74) is 3.81. The molecule has 2 aromatic carbocycles. The topological polar surface area (TPSA) is 52.3 Å². The van der Waals surface area contributed by atoms with E-state index in [4.69, 9.17) is 9.72 Å². The Balaban J connectivity index is 1.55. The smallest absolute Gasteiger partial charge is 0.209 e. The summed E-state index contributed by atoms with van der Waals surface area (Å²) < 4.78 is 5.42. The summed E-state index contributed by atoms with van der Waals surface area (Å²) in [4.78, 5) is 6.45. The maximum Gasteiger partial charge on any atom is 0.209 e. The zero-order chi connectivity index (χ0) is 18.3. The summed E-state index contributed by atoms with van der Waals surface area (Å²) in [7, 11) is 0. The number of benzene rings is 2. The molecule has 0 radical (unpaired) electrons. The normalized spacial score (nSPS) is 15.0. The van der Waals surface area contributed by atoms with E-state index in [9.17, 15) is 0 Å². The van der Waals surface area contributed by atoms with E-state index >= 15 is 0 Å². The second-order valence-corrected chi connectivity index (χ2v) is 7.55. The van der Waals surface area contributed by atoms with E-state index in [0.717, 1.165) is 66.3 Å². The maximum atomic E-state index is 5.42. The summed E-state index contributed by atoms with van der Waals surface area (Å²) in [5, 5.41) is 9.66. The van der Waals surface area contributed by atoms with Gasteiger partial charge in [-0.25, -0.2) is 4.98 Å². The van der Waals surface area contributed by atoms with E-state index in [-0.39, 0.29) is 0 Å². The van der Waals surface area contributed by atoms with E-state index in [1.807, 2.05) is 48.5 Å². The Morgan fingerprint density at radius 3 is 2.11 bits per heavy atom. The number of quaternary nitrogens is 1. The number of ether oxygens (including phenoxy) is 1. The Hall–Kier alpha value is -2.28. The number of aromatic nitrogens is 3. The van der Waals surface area contributed by atoms with Gasteiger partial charge in [-0.05, 0) is 0 Å². The van der Waals surface area contributed by atoms with E-state index in [1.54, 1.807) is 16.7 Å². The van der Waals surface area contributed by atoms with Gasteiger partial charge in [0, 0.05) is 11.1 Å². The fourth-order valence-corrected chi connectivity index (χ4v) is 3.98. The molecule has 1 aromatic heterocycles. The first-order valence-electron chi connectivity index (χ1n) is 9.30. The van der Waals surface area contributed by atoms with Crippen LogP contribution in [0.4, 0.5) is 0 Å². The van der Waals surface area contributed by atoms with Crippen LogP contribution < -0.4 is 4.90 Å². The van der Waals surface area contributed by atoms with Gasteiger partial charge in [-0.3, -0.25) is 0 Å². The predicted molar refractivity (Wildman–Crippen MR) is 108 cm³/mol. The van der Waals surface area contributed by atoms with Crippen LogP contribution in [0.3, 0.4) is 0 Å². The molecular formula is C21H23N4OS+. The lowest BCUT2D eigenvalue weighted by molar-refractivity contribution is -0.905. The molecule has 138 valence electrons.